The summed E-state index contributed by atoms with van der Waals surface area (Å²) < 4.78 is 7.86. The lowest BCUT2D eigenvalue weighted by Crippen LogP contribution is -2.38. The number of hydrogen-bond donors (Lipinski definition) is 0. The van der Waals surface area contributed by atoms with Gasteiger partial charge in [0, 0.05) is 31.9 Å². The van der Waals surface area contributed by atoms with Crippen LogP contribution in [-0.4, -0.2) is 43.8 Å². The molecule has 0 aromatic carbocycles. The van der Waals surface area contributed by atoms with Crippen molar-refractivity contribution in [1.82, 2.24) is 24.6 Å². The first-order valence-corrected chi connectivity index (χ1v) is 7.36. The van der Waals surface area contributed by atoms with Crippen LogP contribution in [0.5, 0.6) is 5.88 Å². The molecule has 2 aromatic rings. The third kappa shape index (κ3) is 3.39. The molecule has 1 saturated heterocycles. The molecule has 6 nitrogen and oxygen atoms in total. The van der Waals surface area contributed by atoms with Gasteiger partial charge in [0.25, 0.3) is 0 Å². The molecule has 0 N–H and O–H groups in total. The Morgan fingerprint density at radius 3 is 2.76 bits per heavy atom. The largest absolute Gasteiger partial charge is 0.474 e. The van der Waals surface area contributed by atoms with Gasteiger partial charge < -0.3 is 4.74 Å². The minimum Gasteiger partial charge on any atom is -0.474 e. The van der Waals surface area contributed by atoms with Crippen molar-refractivity contribution in [2.45, 2.75) is 32.4 Å². The van der Waals surface area contributed by atoms with Gasteiger partial charge in [-0.1, -0.05) is 6.07 Å². The highest BCUT2D eigenvalue weighted by atomic mass is 16.5. The van der Waals surface area contributed by atoms with Gasteiger partial charge in [0.15, 0.2) is 0 Å². The van der Waals surface area contributed by atoms with E-state index < -0.39 is 0 Å². The molecule has 3 rings (SSSR count). The molecule has 3 heterocycles. The summed E-state index contributed by atoms with van der Waals surface area (Å²) in [6.07, 6.45) is 5.69. The van der Waals surface area contributed by atoms with E-state index in [0.29, 0.717) is 0 Å². The van der Waals surface area contributed by atoms with Crippen molar-refractivity contribution >= 4 is 0 Å². The van der Waals surface area contributed by atoms with Gasteiger partial charge in [0.2, 0.25) is 5.88 Å². The molecular weight excluding hydrogens is 266 g/mol. The number of hydrogen-bond acceptors (Lipinski definition) is 5. The first-order valence-electron chi connectivity index (χ1n) is 7.36. The molecule has 0 radical (unpaired) electrons. The second-order valence-electron chi connectivity index (χ2n) is 5.52. The standard InChI is InChI=1S/C15H21N5O/c1-12-4-3-7-16-15(12)21-13-5-8-20(9-6-13)10-14-17-11-18-19(14)2/h3-4,7,11,13H,5-6,8-10H2,1-2H3. The molecule has 112 valence electrons. The van der Waals surface area contributed by atoms with Crippen molar-refractivity contribution in [2.75, 3.05) is 13.1 Å². The average molecular weight is 287 g/mol. The lowest BCUT2D eigenvalue weighted by Gasteiger charge is -2.31. The summed E-state index contributed by atoms with van der Waals surface area (Å²) >= 11 is 0. The number of likely N-dealkylation sites (tertiary alicyclic amines) is 1. The Kier molecular flexibility index (Phi) is 4.15. The molecule has 0 unspecified atom stereocenters. The Labute approximate surface area is 124 Å². The van der Waals surface area contributed by atoms with Crippen LogP contribution in [0.25, 0.3) is 0 Å². The van der Waals surface area contributed by atoms with Crippen molar-refractivity contribution in [3.05, 3.63) is 36.0 Å². The fourth-order valence-electron chi connectivity index (χ4n) is 2.60. The van der Waals surface area contributed by atoms with Crippen LogP contribution in [0.4, 0.5) is 0 Å². The molecule has 0 amide bonds. The van der Waals surface area contributed by atoms with Crippen LogP contribution >= 0.6 is 0 Å². The molecule has 21 heavy (non-hydrogen) atoms. The SMILES string of the molecule is Cc1cccnc1OC1CCN(Cc2ncnn2C)CC1. The zero-order valence-corrected chi connectivity index (χ0v) is 12.6. The van der Waals surface area contributed by atoms with Gasteiger partial charge in [0.05, 0.1) is 6.54 Å². The predicted molar refractivity (Wildman–Crippen MR) is 78.9 cm³/mol. The molecule has 0 aliphatic carbocycles. The van der Waals surface area contributed by atoms with Crippen LogP contribution in [0.1, 0.15) is 24.2 Å². The number of aromatic nitrogens is 4. The number of ether oxygens (including phenoxy) is 1. The van der Waals surface area contributed by atoms with Crippen LogP contribution in [0.3, 0.4) is 0 Å². The summed E-state index contributed by atoms with van der Waals surface area (Å²) in [4.78, 5) is 11.0. The Morgan fingerprint density at radius 1 is 1.29 bits per heavy atom. The first kappa shape index (κ1) is 14.0. The first-order chi connectivity index (χ1) is 10.2. The average Bonchev–Trinajstić information content (AvgIpc) is 2.89. The van der Waals surface area contributed by atoms with Crippen molar-refractivity contribution in [3.63, 3.8) is 0 Å². The summed E-state index contributed by atoms with van der Waals surface area (Å²) in [5.74, 6) is 1.78. The van der Waals surface area contributed by atoms with Crippen molar-refractivity contribution in [1.29, 1.82) is 0 Å². The second kappa shape index (κ2) is 6.22. The monoisotopic (exact) mass is 287 g/mol. The minimum atomic E-state index is 0.259. The Bertz CT molecular complexity index is 589. The molecule has 6 heteroatoms. The van der Waals surface area contributed by atoms with E-state index in [-0.39, 0.29) is 6.10 Å². The lowest BCUT2D eigenvalue weighted by molar-refractivity contribution is 0.0907. The highest BCUT2D eigenvalue weighted by Gasteiger charge is 2.22. The van der Waals surface area contributed by atoms with E-state index in [0.717, 1.165) is 49.7 Å². The highest BCUT2D eigenvalue weighted by Crippen LogP contribution is 2.20. The van der Waals surface area contributed by atoms with Gasteiger partial charge in [-0.3, -0.25) is 9.58 Å². The number of piperidine rings is 1. The summed E-state index contributed by atoms with van der Waals surface area (Å²) in [6, 6.07) is 3.97. The second-order valence-corrected chi connectivity index (χ2v) is 5.52. The van der Waals surface area contributed by atoms with Crippen molar-refractivity contribution in [3.8, 4) is 5.88 Å². The van der Waals surface area contributed by atoms with E-state index in [1.54, 1.807) is 12.5 Å². The third-order valence-corrected chi connectivity index (χ3v) is 3.94. The summed E-state index contributed by atoms with van der Waals surface area (Å²) in [6.45, 7) is 4.92. The predicted octanol–water partition coefficient (Wildman–Crippen LogP) is 1.56. The van der Waals surface area contributed by atoms with Gasteiger partial charge in [0.1, 0.15) is 18.3 Å². The van der Waals surface area contributed by atoms with Gasteiger partial charge in [-0.2, -0.15) is 5.10 Å². The molecule has 0 bridgehead atoms. The summed E-state index contributed by atoms with van der Waals surface area (Å²) in [5, 5.41) is 4.11. The van der Waals surface area contributed by atoms with Crippen LogP contribution < -0.4 is 4.74 Å². The van der Waals surface area contributed by atoms with Gasteiger partial charge in [-0.15, -0.1) is 0 Å². The fraction of sp³-hybridized carbons (Fsp3) is 0.533. The Hall–Kier alpha value is -1.95. The molecule has 1 aliphatic rings. The maximum atomic E-state index is 6.02. The van der Waals surface area contributed by atoms with Gasteiger partial charge >= 0.3 is 0 Å². The zero-order chi connectivity index (χ0) is 14.7. The van der Waals surface area contributed by atoms with Crippen molar-refractivity contribution in [2.24, 2.45) is 7.05 Å². The molecule has 0 saturated carbocycles. The van der Waals surface area contributed by atoms with E-state index in [4.69, 9.17) is 4.74 Å². The van der Waals surface area contributed by atoms with Gasteiger partial charge in [-0.25, -0.2) is 9.97 Å². The van der Waals surface area contributed by atoms with Crippen molar-refractivity contribution < 1.29 is 4.74 Å². The highest BCUT2D eigenvalue weighted by molar-refractivity contribution is 5.23. The van der Waals surface area contributed by atoms with E-state index in [2.05, 4.69) is 20.0 Å². The van der Waals surface area contributed by atoms with Gasteiger partial charge in [-0.05, 0) is 25.8 Å². The molecule has 1 fully saturated rings. The number of nitrogens with zero attached hydrogens (tertiary/aromatic N) is 5. The number of pyridine rings is 1. The fourth-order valence-corrected chi connectivity index (χ4v) is 2.60. The Morgan fingerprint density at radius 2 is 2.10 bits per heavy atom. The van der Waals surface area contributed by atoms with E-state index in [9.17, 15) is 0 Å². The van der Waals surface area contributed by atoms with E-state index >= 15 is 0 Å². The molecular formula is C15H21N5O. The zero-order valence-electron chi connectivity index (χ0n) is 12.6. The smallest absolute Gasteiger partial charge is 0.216 e. The summed E-state index contributed by atoms with van der Waals surface area (Å²) in [5.41, 5.74) is 1.10. The maximum absolute atomic E-state index is 6.02. The van der Waals surface area contributed by atoms with Crippen LogP contribution in [-0.2, 0) is 13.6 Å². The number of aryl methyl sites for hydroxylation is 2. The normalized spacial score (nSPS) is 17.0. The quantitative estimate of drug-likeness (QED) is 0.854. The Balaban J connectivity index is 1.51. The lowest BCUT2D eigenvalue weighted by atomic mass is 10.1. The number of rotatable bonds is 4. The molecule has 1 aliphatic heterocycles. The van der Waals surface area contributed by atoms with Crippen LogP contribution in [0.15, 0.2) is 24.7 Å². The minimum absolute atomic E-state index is 0.259. The molecule has 2 aromatic heterocycles. The van der Waals surface area contributed by atoms with E-state index in [1.165, 1.54) is 0 Å². The summed E-state index contributed by atoms with van der Waals surface area (Å²) in [7, 11) is 1.93. The maximum Gasteiger partial charge on any atom is 0.216 e. The molecule has 0 atom stereocenters. The van der Waals surface area contributed by atoms with Crippen LogP contribution in [0.2, 0.25) is 0 Å². The third-order valence-electron chi connectivity index (χ3n) is 3.94. The van der Waals surface area contributed by atoms with Crippen LogP contribution in [0, 0.1) is 6.92 Å². The van der Waals surface area contributed by atoms with E-state index in [1.807, 2.05) is 30.8 Å². The molecule has 0 spiro atoms. The topological polar surface area (TPSA) is 56.1 Å².